The highest BCUT2D eigenvalue weighted by atomic mass is 16.5. The number of nitriles is 1. The summed E-state index contributed by atoms with van der Waals surface area (Å²) in [5.41, 5.74) is 2.29. The molecule has 0 atom stereocenters. The van der Waals surface area contributed by atoms with Crippen molar-refractivity contribution in [3.05, 3.63) is 47.7 Å². The Bertz CT molecular complexity index is 632. The smallest absolute Gasteiger partial charge is 0.151 e. The predicted molar refractivity (Wildman–Crippen MR) is 74.7 cm³/mol. The molecule has 0 saturated heterocycles. The predicted octanol–water partition coefficient (Wildman–Crippen LogP) is 3.04. The zero-order valence-electron chi connectivity index (χ0n) is 11.2. The molecule has 0 unspecified atom stereocenters. The molecule has 0 spiro atoms. The largest absolute Gasteiger partial charge is 0.495 e. The van der Waals surface area contributed by atoms with Crippen LogP contribution < -0.4 is 9.64 Å². The van der Waals surface area contributed by atoms with Crippen molar-refractivity contribution in [3.8, 4) is 11.8 Å². The Morgan fingerprint density at radius 2 is 1.95 bits per heavy atom. The summed E-state index contributed by atoms with van der Waals surface area (Å²) in [6, 6.07) is 13.4. The molecule has 0 aliphatic rings. The topological polar surface area (TPSA) is 49.1 Å². The summed E-state index contributed by atoms with van der Waals surface area (Å²) < 4.78 is 5.34. The van der Waals surface area contributed by atoms with Gasteiger partial charge in [-0.15, -0.1) is 0 Å². The summed E-state index contributed by atoms with van der Waals surface area (Å²) in [4.78, 5) is 6.31. The average molecular weight is 253 g/mol. The van der Waals surface area contributed by atoms with Crippen molar-refractivity contribution < 1.29 is 4.74 Å². The standard InChI is InChI=1S/C15H15N3O/c1-11-8-9-12(10-16)15(17-11)18(2)13-6-4-5-7-14(13)19-3/h4-9H,1-3H3. The first-order valence-corrected chi connectivity index (χ1v) is 5.92. The molecule has 0 aliphatic heterocycles. The lowest BCUT2D eigenvalue weighted by Crippen LogP contribution is -2.14. The maximum absolute atomic E-state index is 9.18. The lowest BCUT2D eigenvalue weighted by atomic mass is 10.2. The summed E-state index contributed by atoms with van der Waals surface area (Å²) in [5, 5.41) is 9.18. The second-order valence-electron chi connectivity index (χ2n) is 4.17. The van der Waals surface area contributed by atoms with Gasteiger partial charge in [-0.25, -0.2) is 4.98 Å². The van der Waals surface area contributed by atoms with E-state index in [2.05, 4.69) is 11.1 Å². The van der Waals surface area contributed by atoms with Crippen LogP contribution in [0.5, 0.6) is 5.75 Å². The second kappa shape index (κ2) is 5.40. The fraction of sp³-hybridized carbons (Fsp3) is 0.200. The Labute approximate surface area is 112 Å². The Morgan fingerprint density at radius 1 is 1.21 bits per heavy atom. The van der Waals surface area contributed by atoms with Gasteiger partial charge in [-0.05, 0) is 31.2 Å². The van der Waals surface area contributed by atoms with E-state index in [1.807, 2.05) is 49.2 Å². The van der Waals surface area contributed by atoms with Crippen LogP contribution in [-0.2, 0) is 0 Å². The lowest BCUT2D eigenvalue weighted by molar-refractivity contribution is 0.415. The minimum absolute atomic E-state index is 0.541. The molecule has 0 saturated carbocycles. The number of rotatable bonds is 3. The van der Waals surface area contributed by atoms with Crippen molar-refractivity contribution in [2.75, 3.05) is 19.1 Å². The van der Waals surface area contributed by atoms with Gasteiger partial charge in [0.15, 0.2) is 5.82 Å². The molecular formula is C15H15N3O. The van der Waals surface area contributed by atoms with Gasteiger partial charge in [0.05, 0.1) is 18.4 Å². The summed E-state index contributed by atoms with van der Waals surface area (Å²) in [6.45, 7) is 1.90. The number of aryl methyl sites for hydroxylation is 1. The highest BCUT2D eigenvalue weighted by Crippen LogP contribution is 2.32. The Balaban J connectivity index is 2.53. The van der Waals surface area contributed by atoms with Gasteiger partial charge in [0.1, 0.15) is 11.8 Å². The van der Waals surface area contributed by atoms with Gasteiger partial charge in [0, 0.05) is 12.7 Å². The van der Waals surface area contributed by atoms with Gasteiger partial charge in [0.2, 0.25) is 0 Å². The molecule has 0 fully saturated rings. The molecular weight excluding hydrogens is 238 g/mol. The van der Waals surface area contributed by atoms with E-state index >= 15 is 0 Å². The van der Waals surface area contributed by atoms with Crippen LogP contribution in [0.25, 0.3) is 0 Å². The van der Waals surface area contributed by atoms with Crippen molar-refractivity contribution >= 4 is 11.5 Å². The first-order chi connectivity index (χ1) is 9.17. The van der Waals surface area contributed by atoms with Crippen molar-refractivity contribution in [2.45, 2.75) is 6.92 Å². The lowest BCUT2D eigenvalue weighted by Gasteiger charge is -2.21. The van der Waals surface area contributed by atoms with Crippen LogP contribution in [0.4, 0.5) is 11.5 Å². The number of ether oxygens (including phenoxy) is 1. The van der Waals surface area contributed by atoms with Gasteiger partial charge in [-0.1, -0.05) is 12.1 Å². The molecule has 4 nitrogen and oxygen atoms in total. The van der Waals surface area contributed by atoms with E-state index in [1.54, 1.807) is 13.2 Å². The van der Waals surface area contributed by atoms with Gasteiger partial charge in [-0.3, -0.25) is 0 Å². The minimum Gasteiger partial charge on any atom is -0.495 e. The van der Waals surface area contributed by atoms with Crippen LogP contribution in [0.15, 0.2) is 36.4 Å². The third-order valence-corrected chi connectivity index (χ3v) is 2.90. The molecule has 2 aromatic rings. The molecule has 0 aliphatic carbocycles. The van der Waals surface area contributed by atoms with Crippen molar-refractivity contribution in [2.24, 2.45) is 0 Å². The van der Waals surface area contributed by atoms with Crippen LogP contribution in [0, 0.1) is 18.3 Å². The van der Waals surface area contributed by atoms with E-state index in [-0.39, 0.29) is 0 Å². The number of aromatic nitrogens is 1. The summed E-state index contributed by atoms with van der Waals surface area (Å²) >= 11 is 0. The number of nitrogens with zero attached hydrogens (tertiary/aromatic N) is 3. The van der Waals surface area contributed by atoms with Crippen LogP contribution >= 0.6 is 0 Å². The number of hydrogen-bond donors (Lipinski definition) is 0. The Hall–Kier alpha value is -2.54. The van der Waals surface area contributed by atoms with Crippen molar-refractivity contribution in [1.29, 1.82) is 5.26 Å². The van der Waals surface area contributed by atoms with E-state index in [0.717, 1.165) is 17.1 Å². The fourth-order valence-electron chi connectivity index (χ4n) is 1.91. The van der Waals surface area contributed by atoms with E-state index in [0.29, 0.717) is 11.4 Å². The minimum atomic E-state index is 0.541. The van der Waals surface area contributed by atoms with Gasteiger partial charge in [0.25, 0.3) is 0 Å². The maximum Gasteiger partial charge on any atom is 0.151 e. The molecule has 0 amide bonds. The first-order valence-electron chi connectivity index (χ1n) is 5.92. The number of benzene rings is 1. The molecule has 4 heteroatoms. The number of pyridine rings is 1. The van der Waals surface area contributed by atoms with E-state index in [4.69, 9.17) is 4.74 Å². The van der Waals surface area contributed by atoms with Gasteiger partial charge < -0.3 is 9.64 Å². The summed E-state index contributed by atoms with van der Waals surface area (Å²) in [7, 11) is 3.50. The van der Waals surface area contributed by atoms with Crippen LogP contribution in [0.3, 0.4) is 0 Å². The normalized spacial score (nSPS) is 9.79. The summed E-state index contributed by atoms with van der Waals surface area (Å²) in [5.74, 6) is 1.38. The molecule has 1 aromatic carbocycles. The van der Waals surface area contributed by atoms with Crippen molar-refractivity contribution in [3.63, 3.8) is 0 Å². The van der Waals surface area contributed by atoms with Crippen molar-refractivity contribution in [1.82, 2.24) is 4.98 Å². The first kappa shape index (κ1) is 12.9. The monoisotopic (exact) mass is 253 g/mol. The third-order valence-electron chi connectivity index (χ3n) is 2.90. The number of para-hydroxylation sites is 2. The van der Waals surface area contributed by atoms with E-state index in [9.17, 15) is 5.26 Å². The summed E-state index contributed by atoms with van der Waals surface area (Å²) in [6.07, 6.45) is 0. The zero-order chi connectivity index (χ0) is 13.8. The highest BCUT2D eigenvalue weighted by Gasteiger charge is 2.14. The molecule has 0 radical (unpaired) electrons. The highest BCUT2D eigenvalue weighted by molar-refractivity contribution is 5.70. The zero-order valence-corrected chi connectivity index (χ0v) is 11.2. The maximum atomic E-state index is 9.18. The Morgan fingerprint density at radius 3 is 2.63 bits per heavy atom. The van der Waals surface area contributed by atoms with E-state index < -0.39 is 0 Å². The van der Waals surface area contributed by atoms with Crippen LogP contribution in [-0.4, -0.2) is 19.1 Å². The fourth-order valence-corrected chi connectivity index (χ4v) is 1.91. The van der Waals surface area contributed by atoms with Gasteiger partial charge >= 0.3 is 0 Å². The molecule has 0 N–H and O–H groups in total. The SMILES string of the molecule is COc1ccccc1N(C)c1nc(C)ccc1C#N. The average Bonchev–Trinajstić information content (AvgIpc) is 2.46. The second-order valence-corrected chi connectivity index (χ2v) is 4.17. The van der Waals surface area contributed by atoms with E-state index in [1.165, 1.54) is 0 Å². The molecule has 0 bridgehead atoms. The molecule has 2 rings (SSSR count). The number of anilines is 2. The molecule has 1 heterocycles. The Kier molecular flexibility index (Phi) is 3.67. The number of hydrogen-bond acceptors (Lipinski definition) is 4. The van der Waals surface area contributed by atoms with Gasteiger partial charge in [-0.2, -0.15) is 5.26 Å². The molecule has 1 aromatic heterocycles. The van der Waals surface area contributed by atoms with Crippen LogP contribution in [0.2, 0.25) is 0 Å². The number of methoxy groups -OCH3 is 1. The molecule has 19 heavy (non-hydrogen) atoms. The van der Waals surface area contributed by atoms with Crippen LogP contribution in [0.1, 0.15) is 11.3 Å². The molecule has 96 valence electrons. The third kappa shape index (κ3) is 2.50. The quantitative estimate of drug-likeness (QED) is 0.843.